The number of esters is 1. The Morgan fingerprint density at radius 1 is 1.00 bits per heavy atom. The Hall–Kier alpha value is -3.41. The third-order valence-corrected chi connectivity index (χ3v) is 4.04. The summed E-state index contributed by atoms with van der Waals surface area (Å²) in [4.78, 5) is 11.5. The predicted molar refractivity (Wildman–Crippen MR) is 106 cm³/mol. The van der Waals surface area contributed by atoms with Crippen molar-refractivity contribution in [2.75, 3.05) is 13.2 Å². The van der Waals surface area contributed by atoms with Crippen LogP contribution in [0.25, 0.3) is 5.57 Å². The number of ether oxygens (including phenoxy) is 2. The van der Waals surface area contributed by atoms with Crippen LogP contribution in [-0.2, 0) is 21.9 Å². The highest BCUT2D eigenvalue weighted by molar-refractivity contribution is 5.91. The monoisotopic (exact) mass is 456 g/mol. The number of carbonyl (C=O) groups excluding carboxylic acids is 1. The number of allylic oxidation sites excluding steroid dienone is 1. The quantitative estimate of drug-likeness (QED) is 0.235. The van der Waals surface area contributed by atoms with Crippen molar-refractivity contribution in [3.8, 4) is 17.6 Å². The molecule has 170 valence electrons. The van der Waals surface area contributed by atoms with E-state index >= 15 is 0 Å². The molecule has 0 aliphatic heterocycles. The van der Waals surface area contributed by atoms with Crippen LogP contribution in [0.4, 0.5) is 26.3 Å². The molecule has 0 heterocycles. The third-order valence-electron chi connectivity index (χ3n) is 4.04. The molecule has 0 fully saturated rings. The zero-order chi connectivity index (χ0) is 23.9. The number of benzene rings is 2. The van der Waals surface area contributed by atoms with Crippen molar-refractivity contribution in [2.24, 2.45) is 0 Å². The van der Waals surface area contributed by atoms with Crippen molar-refractivity contribution in [3.63, 3.8) is 0 Å². The maximum absolute atomic E-state index is 12.9. The first-order chi connectivity index (χ1) is 14.9. The molecule has 0 N–H and O–H groups in total. The summed E-state index contributed by atoms with van der Waals surface area (Å²) >= 11 is 0. The van der Waals surface area contributed by atoms with Crippen LogP contribution in [0.1, 0.15) is 36.1 Å². The number of halogens is 6. The fourth-order valence-electron chi connectivity index (χ4n) is 2.56. The summed E-state index contributed by atoms with van der Waals surface area (Å²) in [6.45, 7) is 3.34. The van der Waals surface area contributed by atoms with Gasteiger partial charge in [-0.1, -0.05) is 24.0 Å². The van der Waals surface area contributed by atoms with Gasteiger partial charge in [0.2, 0.25) is 0 Å². The Balaban J connectivity index is 2.16. The lowest BCUT2D eigenvalue weighted by atomic mass is 10.0. The normalized spacial score (nSPS) is 12.1. The fourth-order valence-corrected chi connectivity index (χ4v) is 2.56. The molecule has 2 aromatic carbocycles. The van der Waals surface area contributed by atoms with E-state index in [2.05, 4.69) is 11.8 Å². The smallest absolute Gasteiger partial charge is 0.416 e. The first-order valence-electron chi connectivity index (χ1n) is 9.27. The summed E-state index contributed by atoms with van der Waals surface area (Å²) in [6.07, 6.45) is -8.57. The van der Waals surface area contributed by atoms with E-state index in [1.165, 1.54) is 6.08 Å². The highest BCUT2D eigenvalue weighted by Gasteiger charge is 2.36. The van der Waals surface area contributed by atoms with E-state index in [0.29, 0.717) is 29.0 Å². The molecule has 0 aliphatic rings. The van der Waals surface area contributed by atoms with Gasteiger partial charge >= 0.3 is 18.3 Å². The second kappa shape index (κ2) is 10.3. The molecule has 0 bridgehead atoms. The molecule has 0 aromatic heterocycles. The lowest BCUT2D eigenvalue weighted by molar-refractivity contribution is -0.143. The van der Waals surface area contributed by atoms with Gasteiger partial charge in [-0.15, -0.1) is 0 Å². The zero-order valence-corrected chi connectivity index (χ0v) is 17.0. The first-order valence-corrected chi connectivity index (χ1v) is 9.27. The second-order valence-corrected chi connectivity index (χ2v) is 6.49. The molecule has 9 heteroatoms. The molecule has 0 amide bonds. The number of alkyl halides is 6. The summed E-state index contributed by atoms with van der Waals surface area (Å²) < 4.78 is 87.6. The van der Waals surface area contributed by atoms with Crippen LogP contribution in [0.15, 0.2) is 48.5 Å². The number of rotatable bonds is 5. The van der Waals surface area contributed by atoms with Crippen molar-refractivity contribution >= 4 is 11.5 Å². The largest absolute Gasteiger partial charge is 0.481 e. The van der Waals surface area contributed by atoms with Gasteiger partial charge in [-0.2, -0.15) is 26.3 Å². The zero-order valence-electron chi connectivity index (χ0n) is 17.0. The van der Waals surface area contributed by atoms with Gasteiger partial charge in [-0.3, -0.25) is 0 Å². The van der Waals surface area contributed by atoms with E-state index < -0.39 is 35.0 Å². The molecule has 2 aromatic rings. The lowest BCUT2D eigenvalue weighted by Gasteiger charge is -2.12. The highest BCUT2D eigenvalue weighted by Crippen LogP contribution is 2.36. The van der Waals surface area contributed by atoms with Crippen LogP contribution >= 0.6 is 0 Å². The Morgan fingerprint density at radius 2 is 1.62 bits per heavy atom. The van der Waals surface area contributed by atoms with Gasteiger partial charge in [0.15, 0.2) is 0 Å². The summed E-state index contributed by atoms with van der Waals surface area (Å²) in [7, 11) is 0. The van der Waals surface area contributed by atoms with Crippen LogP contribution in [0, 0.1) is 11.8 Å². The Morgan fingerprint density at radius 3 is 2.19 bits per heavy atom. The van der Waals surface area contributed by atoms with Crippen molar-refractivity contribution < 1.29 is 40.6 Å². The molecular weight excluding hydrogens is 438 g/mol. The molecule has 3 nitrogen and oxygen atoms in total. The highest BCUT2D eigenvalue weighted by atomic mass is 19.4. The van der Waals surface area contributed by atoms with Crippen molar-refractivity contribution in [3.05, 3.63) is 70.8 Å². The van der Waals surface area contributed by atoms with E-state index in [-0.39, 0.29) is 19.3 Å². The van der Waals surface area contributed by atoms with Crippen LogP contribution in [0.5, 0.6) is 5.75 Å². The van der Waals surface area contributed by atoms with E-state index in [0.717, 1.165) is 0 Å². The summed E-state index contributed by atoms with van der Waals surface area (Å²) in [5.74, 6) is 4.54. The van der Waals surface area contributed by atoms with Gasteiger partial charge in [0.05, 0.1) is 17.7 Å². The summed E-state index contributed by atoms with van der Waals surface area (Å²) in [5, 5.41) is 0. The Bertz CT molecular complexity index is 1020. The average Bonchev–Trinajstić information content (AvgIpc) is 2.70. The van der Waals surface area contributed by atoms with Gasteiger partial charge in [0, 0.05) is 11.6 Å². The minimum absolute atomic E-state index is 0.0410. The molecule has 2 rings (SSSR count). The van der Waals surface area contributed by atoms with Crippen molar-refractivity contribution in [1.82, 2.24) is 0 Å². The van der Waals surface area contributed by atoms with Gasteiger partial charge in [-0.05, 0) is 55.3 Å². The second-order valence-electron chi connectivity index (χ2n) is 6.49. The maximum atomic E-state index is 12.9. The van der Waals surface area contributed by atoms with Crippen molar-refractivity contribution in [1.29, 1.82) is 0 Å². The minimum atomic E-state index is -4.94. The fraction of sp³-hybridized carbons (Fsp3) is 0.261. The van der Waals surface area contributed by atoms with E-state index in [1.807, 2.05) is 0 Å². The van der Waals surface area contributed by atoms with Crippen molar-refractivity contribution in [2.45, 2.75) is 26.2 Å². The SMILES string of the molecule is CCOC(=O)/C=C(\C)c1cccc(OCC#Cc2cc(C(F)(F)F)cc(C(F)(F)F)c2)c1. The molecule has 0 atom stereocenters. The number of hydrogen-bond acceptors (Lipinski definition) is 3. The van der Waals surface area contributed by atoms with Gasteiger partial charge in [-0.25, -0.2) is 4.79 Å². The standard InChI is InChI=1S/C23H18F6O3/c1-3-31-21(30)10-15(2)17-7-4-8-20(13-17)32-9-5-6-16-11-18(22(24,25)26)14-19(12-16)23(27,28)29/h4,7-8,10-14H,3,9H2,1-2H3/b15-10+. The predicted octanol–water partition coefficient (Wildman–Crippen LogP) is 6.12. The van der Waals surface area contributed by atoms with E-state index in [1.54, 1.807) is 38.1 Å². The van der Waals surface area contributed by atoms with Gasteiger partial charge in [0.1, 0.15) is 12.4 Å². The van der Waals surface area contributed by atoms with Gasteiger partial charge < -0.3 is 9.47 Å². The molecule has 0 unspecified atom stereocenters. The number of carbonyl (C=O) groups is 1. The molecule has 32 heavy (non-hydrogen) atoms. The molecule has 0 saturated carbocycles. The molecule has 0 aliphatic carbocycles. The maximum Gasteiger partial charge on any atom is 0.416 e. The van der Waals surface area contributed by atoms with Gasteiger partial charge in [0.25, 0.3) is 0 Å². The molecule has 0 radical (unpaired) electrons. The van der Waals surface area contributed by atoms with Crippen LogP contribution in [0.2, 0.25) is 0 Å². The average molecular weight is 456 g/mol. The summed E-state index contributed by atoms with van der Waals surface area (Å²) in [6, 6.07) is 7.72. The van der Waals surface area contributed by atoms with E-state index in [9.17, 15) is 31.1 Å². The number of hydrogen-bond donors (Lipinski definition) is 0. The molecule has 0 spiro atoms. The Kier molecular flexibility index (Phi) is 7.97. The summed E-state index contributed by atoms with van der Waals surface area (Å²) in [5.41, 5.74) is -2.03. The lowest BCUT2D eigenvalue weighted by Crippen LogP contribution is -2.11. The Labute approximate surface area is 180 Å². The van der Waals surface area contributed by atoms with Crippen LogP contribution < -0.4 is 4.74 Å². The molecule has 0 saturated heterocycles. The van der Waals surface area contributed by atoms with E-state index in [4.69, 9.17) is 9.47 Å². The van der Waals surface area contributed by atoms with Crippen LogP contribution in [0.3, 0.4) is 0 Å². The first kappa shape index (κ1) is 24.9. The minimum Gasteiger partial charge on any atom is -0.481 e. The molecular formula is C23H18F6O3. The topological polar surface area (TPSA) is 35.5 Å². The third kappa shape index (κ3) is 7.38. The van der Waals surface area contributed by atoms with Crippen LogP contribution in [-0.4, -0.2) is 19.2 Å².